The van der Waals surface area contributed by atoms with Crippen LogP contribution in [0.3, 0.4) is 0 Å². The van der Waals surface area contributed by atoms with Crippen LogP contribution < -0.4 is 0 Å². The van der Waals surface area contributed by atoms with E-state index in [9.17, 15) is 15.8 Å². The SMILES string of the molecule is [C-]#[N+]c1ncc(-c2ccc(-c3cc(-c4ccc(-n5c6ccccc6c6cc(-n7c8ccccc8c8ccccc87)ccc65)cc4)c(-c4ccc(-c5cnc(C#N)c(C#N)n5)cc4)cc3-c3ccc(-n4c5ccccc5c5cc(-n6c7ccccc7c7ccccc76)ccc54)cc3)cc2)nc1C#N. The minimum atomic E-state index is -0.0391. The first-order chi connectivity index (χ1) is 50.4. The smallest absolute Gasteiger partial charge is 0.306 e. The summed E-state index contributed by atoms with van der Waals surface area (Å²) in [6, 6.07) is 110. The molecule has 0 aliphatic heterocycles. The molecule has 0 saturated heterocycles. The Hall–Kier alpha value is -14.8. The Morgan fingerprint density at radius 3 is 0.882 bits per heavy atom. The van der Waals surface area contributed by atoms with Crippen molar-refractivity contribution >= 4 is 93.0 Å². The van der Waals surface area contributed by atoms with Gasteiger partial charge in [0.2, 0.25) is 0 Å². The largest absolute Gasteiger partial charge is 0.358 e. The first kappa shape index (κ1) is 58.5. The highest BCUT2D eigenvalue weighted by molar-refractivity contribution is 6.14. The number of para-hydroxylation sites is 6. The highest BCUT2D eigenvalue weighted by Gasteiger charge is 2.23. The average molecular weight is 1300 g/mol. The molecule has 0 aliphatic rings. The quantitative estimate of drug-likeness (QED) is 0.124. The number of hydrogen-bond donors (Lipinski definition) is 0. The lowest BCUT2D eigenvalue weighted by Crippen LogP contribution is -1.97. The highest BCUT2D eigenvalue weighted by Crippen LogP contribution is 2.46. The molecule has 0 unspecified atom stereocenters. The van der Waals surface area contributed by atoms with Crippen molar-refractivity contribution in [3.8, 4) is 108 Å². The summed E-state index contributed by atoms with van der Waals surface area (Å²) in [6.45, 7) is 7.59. The second kappa shape index (κ2) is 23.5. The maximum absolute atomic E-state index is 9.96. The van der Waals surface area contributed by atoms with Gasteiger partial charge >= 0.3 is 5.82 Å². The van der Waals surface area contributed by atoms with Crippen LogP contribution in [0.5, 0.6) is 0 Å². The lowest BCUT2D eigenvalue weighted by Gasteiger charge is -2.19. The molecule has 0 amide bonds. The van der Waals surface area contributed by atoms with Gasteiger partial charge in [-0.3, -0.25) is 0 Å². The number of rotatable bonds is 10. The summed E-state index contributed by atoms with van der Waals surface area (Å²) in [5.41, 5.74) is 23.2. The van der Waals surface area contributed by atoms with E-state index >= 15 is 0 Å². The minimum Gasteiger partial charge on any atom is -0.358 e. The van der Waals surface area contributed by atoms with E-state index in [4.69, 9.17) is 6.57 Å². The van der Waals surface area contributed by atoms with Crippen LogP contribution in [-0.4, -0.2) is 38.2 Å². The van der Waals surface area contributed by atoms with E-state index in [1.165, 1.54) is 27.7 Å². The molecule has 6 heterocycles. The van der Waals surface area contributed by atoms with Crippen molar-refractivity contribution < 1.29 is 0 Å². The Balaban J connectivity index is 0.775. The molecule has 0 spiro atoms. The molecule has 102 heavy (non-hydrogen) atoms. The number of aromatic nitrogens is 8. The molecular weight excluding hydrogens is 1250 g/mol. The van der Waals surface area contributed by atoms with Gasteiger partial charge in [-0.1, -0.05) is 189 Å². The summed E-state index contributed by atoms with van der Waals surface area (Å²) in [5, 5.41) is 39.1. The van der Waals surface area contributed by atoms with Gasteiger partial charge in [0.1, 0.15) is 30.1 Å². The van der Waals surface area contributed by atoms with Gasteiger partial charge in [0, 0.05) is 77.0 Å². The molecule has 0 saturated carbocycles. The standard InChI is InChI=1S/C90H50N12/c1-94-90-79(52-93)98-81(54-96-90)60-32-28-56(29-33-60)72-49-73(57-34-38-61(39-35-57)99-86-24-12-6-18-69(86)75-46-63(42-44-88(75)99)101-82-20-8-2-14-65(82)66-15-3-9-21-83(66)101)71(55-26-30-59(31-27-55)80-53-95-77(50-91)78(51-92)97-80)48-74(72)58-36-40-62(41-37-58)100-87-25-13-7-19-70(87)76-47-64(43-45-89(76)100)102-84-22-10-4-16-67(84)68-17-5-11-23-85(68)102/h2-49,53-54H. The van der Waals surface area contributed by atoms with Crippen molar-refractivity contribution in [3.63, 3.8) is 0 Å². The van der Waals surface area contributed by atoms with Crippen LogP contribution in [0.2, 0.25) is 0 Å². The third kappa shape index (κ3) is 9.27. The zero-order valence-corrected chi connectivity index (χ0v) is 54.2. The molecule has 0 fully saturated rings. The number of benzene rings is 13. The van der Waals surface area contributed by atoms with Crippen molar-refractivity contribution in [2.45, 2.75) is 0 Å². The van der Waals surface area contributed by atoms with Gasteiger partial charge in [-0.05, 0) is 154 Å². The first-order valence-corrected chi connectivity index (χ1v) is 33.4. The van der Waals surface area contributed by atoms with Crippen LogP contribution in [0.25, 0.3) is 182 Å². The van der Waals surface area contributed by atoms with E-state index in [0.29, 0.717) is 11.4 Å². The van der Waals surface area contributed by atoms with E-state index < -0.39 is 0 Å². The normalized spacial score (nSPS) is 11.5. The molecule has 0 atom stereocenters. The molecule has 0 N–H and O–H groups in total. The van der Waals surface area contributed by atoms with E-state index in [-0.39, 0.29) is 22.9 Å². The summed E-state index contributed by atoms with van der Waals surface area (Å²) in [7, 11) is 0. The summed E-state index contributed by atoms with van der Waals surface area (Å²) in [6.07, 6.45) is 3.08. The van der Waals surface area contributed by atoms with E-state index in [2.05, 4.69) is 316 Å². The first-order valence-electron chi connectivity index (χ1n) is 33.4. The zero-order chi connectivity index (χ0) is 68.1. The maximum Gasteiger partial charge on any atom is 0.306 e. The van der Waals surface area contributed by atoms with Gasteiger partial charge in [-0.25, -0.2) is 15.0 Å². The van der Waals surface area contributed by atoms with Crippen molar-refractivity contribution in [2.75, 3.05) is 0 Å². The van der Waals surface area contributed by atoms with E-state index in [1.54, 1.807) is 6.20 Å². The molecule has 0 radical (unpaired) electrons. The predicted octanol–water partition coefficient (Wildman–Crippen LogP) is 21.8. The van der Waals surface area contributed by atoms with Crippen molar-refractivity contribution in [3.05, 3.63) is 332 Å². The molecule has 19 rings (SSSR count). The summed E-state index contributed by atoms with van der Waals surface area (Å²) >= 11 is 0. The lowest BCUT2D eigenvalue weighted by atomic mass is 9.85. The van der Waals surface area contributed by atoms with Crippen molar-refractivity contribution in [1.82, 2.24) is 38.2 Å². The van der Waals surface area contributed by atoms with E-state index in [1.807, 2.05) is 36.4 Å². The van der Waals surface area contributed by atoms with Gasteiger partial charge in [-0.2, -0.15) is 15.8 Å². The molecule has 12 nitrogen and oxygen atoms in total. The average Bonchev–Trinajstić information content (AvgIpc) is 1.57. The van der Waals surface area contributed by atoms with Crippen LogP contribution in [0, 0.1) is 40.6 Å². The van der Waals surface area contributed by atoms with Gasteiger partial charge in [-0.15, -0.1) is 4.98 Å². The second-order valence-corrected chi connectivity index (χ2v) is 25.4. The summed E-state index contributed by atoms with van der Waals surface area (Å²) < 4.78 is 9.46. The zero-order valence-electron chi connectivity index (χ0n) is 54.2. The molecular formula is C90H50N12. The Labute approximate surface area is 583 Å². The summed E-state index contributed by atoms with van der Waals surface area (Å²) in [4.78, 5) is 21.1. The Morgan fingerprint density at radius 2 is 0.539 bits per heavy atom. The number of hydrogen-bond acceptors (Lipinski definition) is 7. The monoisotopic (exact) mass is 1300 g/mol. The van der Waals surface area contributed by atoms with Crippen LogP contribution in [0.1, 0.15) is 17.1 Å². The Bertz CT molecular complexity index is 6380. The van der Waals surface area contributed by atoms with Gasteiger partial charge in [0.25, 0.3) is 0 Å². The molecule has 19 aromatic rings. The van der Waals surface area contributed by atoms with Crippen LogP contribution >= 0.6 is 0 Å². The van der Waals surface area contributed by atoms with E-state index in [0.717, 1.165) is 144 Å². The Morgan fingerprint density at radius 1 is 0.265 bits per heavy atom. The topological polar surface area (TPSA) is 147 Å². The molecule has 6 aromatic heterocycles. The fourth-order valence-corrected chi connectivity index (χ4v) is 15.3. The van der Waals surface area contributed by atoms with Gasteiger partial charge < -0.3 is 23.1 Å². The van der Waals surface area contributed by atoms with Crippen LogP contribution in [0.15, 0.2) is 304 Å². The third-order valence-corrected chi connectivity index (χ3v) is 20.0. The number of fused-ring (bicyclic) bond motifs is 12. The number of nitriles is 3. The molecule has 470 valence electrons. The molecule has 13 aromatic carbocycles. The molecule has 12 heteroatoms. The van der Waals surface area contributed by atoms with Crippen molar-refractivity contribution in [2.24, 2.45) is 0 Å². The highest BCUT2D eigenvalue weighted by atomic mass is 15.0. The van der Waals surface area contributed by atoms with Crippen molar-refractivity contribution in [1.29, 1.82) is 15.8 Å². The van der Waals surface area contributed by atoms with Crippen LogP contribution in [0.4, 0.5) is 5.82 Å². The predicted molar refractivity (Wildman–Crippen MR) is 408 cm³/mol. The molecule has 0 aliphatic carbocycles. The maximum atomic E-state index is 9.96. The fourth-order valence-electron chi connectivity index (χ4n) is 15.3. The fraction of sp³-hybridized carbons (Fsp3) is 0. The lowest BCUT2D eigenvalue weighted by molar-refractivity contribution is 1.13. The minimum absolute atomic E-state index is 0.0242. The van der Waals surface area contributed by atoms with Crippen LogP contribution in [-0.2, 0) is 0 Å². The summed E-state index contributed by atoms with van der Waals surface area (Å²) in [5.74, 6) is -0.0391. The molecule has 0 bridgehead atoms. The van der Waals surface area contributed by atoms with Gasteiger partial charge in [0.15, 0.2) is 17.1 Å². The number of nitrogens with zero attached hydrogens (tertiary/aromatic N) is 12. The van der Waals surface area contributed by atoms with Gasteiger partial charge in [0.05, 0.1) is 56.0 Å². The Kier molecular flexibility index (Phi) is 13.5. The third-order valence-electron chi connectivity index (χ3n) is 20.0. The second-order valence-electron chi connectivity index (χ2n) is 25.4.